The molecule has 162 valence electrons. The first-order chi connectivity index (χ1) is 14.8. The fraction of sp³-hybridized carbons (Fsp3) is 0.273. The van der Waals surface area contributed by atoms with E-state index < -0.39 is 5.97 Å². The fourth-order valence-electron chi connectivity index (χ4n) is 2.95. The number of aromatic nitrogens is 3. The van der Waals surface area contributed by atoms with Crippen molar-refractivity contribution in [3.8, 4) is 0 Å². The summed E-state index contributed by atoms with van der Waals surface area (Å²) in [5, 5.41) is 6.93. The highest BCUT2D eigenvalue weighted by molar-refractivity contribution is 7.14. The summed E-state index contributed by atoms with van der Waals surface area (Å²) < 4.78 is 6.81. The molecule has 0 aliphatic carbocycles. The Morgan fingerprint density at radius 1 is 1.29 bits per heavy atom. The first-order valence-electron chi connectivity index (χ1n) is 9.68. The van der Waals surface area contributed by atoms with Crippen molar-refractivity contribution in [1.82, 2.24) is 14.8 Å². The number of hydrogen-bond donors (Lipinski definition) is 0. The van der Waals surface area contributed by atoms with Gasteiger partial charge in [-0.3, -0.25) is 14.4 Å². The van der Waals surface area contributed by atoms with Gasteiger partial charge in [-0.15, -0.1) is 11.3 Å². The van der Waals surface area contributed by atoms with E-state index in [4.69, 9.17) is 16.3 Å². The Labute approximate surface area is 189 Å². The first-order valence-corrected chi connectivity index (χ1v) is 10.9. The zero-order valence-electron chi connectivity index (χ0n) is 17.8. The monoisotopic (exact) mass is 458 g/mol. The summed E-state index contributed by atoms with van der Waals surface area (Å²) in [5.74, 6) is -0.666. The Hall–Kier alpha value is -2.97. The summed E-state index contributed by atoms with van der Waals surface area (Å²) in [6.07, 6.45) is 3.81. The molecule has 1 aromatic carbocycles. The number of ether oxygens (including phenoxy) is 1. The Morgan fingerprint density at radius 3 is 2.58 bits per heavy atom. The molecular weight excluding hydrogens is 436 g/mol. The number of rotatable bonds is 7. The van der Waals surface area contributed by atoms with Crippen molar-refractivity contribution in [2.75, 3.05) is 4.90 Å². The molecule has 0 radical (unpaired) electrons. The molecule has 2 heterocycles. The normalized spacial score (nSPS) is 11.1. The third-order valence-electron chi connectivity index (χ3n) is 4.59. The Balaban J connectivity index is 1.66. The van der Waals surface area contributed by atoms with Gasteiger partial charge in [0.1, 0.15) is 11.8 Å². The number of nitrogens with zero attached hydrogens (tertiary/aromatic N) is 4. The van der Waals surface area contributed by atoms with Crippen molar-refractivity contribution >= 4 is 51.7 Å². The third-order valence-corrected chi connectivity index (χ3v) is 5.92. The quantitative estimate of drug-likeness (QED) is 0.374. The van der Waals surface area contributed by atoms with Crippen LogP contribution >= 0.6 is 22.9 Å². The lowest BCUT2D eigenvalue weighted by Gasteiger charge is -2.18. The average Bonchev–Trinajstić information content (AvgIpc) is 3.29. The highest BCUT2D eigenvalue weighted by atomic mass is 35.5. The predicted octanol–water partition coefficient (Wildman–Crippen LogP) is 4.84. The van der Waals surface area contributed by atoms with Gasteiger partial charge in [0.05, 0.1) is 17.1 Å². The maximum atomic E-state index is 12.2. The van der Waals surface area contributed by atoms with Gasteiger partial charge in [0, 0.05) is 31.0 Å². The van der Waals surface area contributed by atoms with Crippen LogP contribution in [-0.4, -0.2) is 26.6 Å². The molecule has 3 rings (SSSR count). The molecule has 0 N–H and O–H groups in total. The molecule has 31 heavy (non-hydrogen) atoms. The van der Waals surface area contributed by atoms with Gasteiger partial charge in [0.15, 0.2) is 5.13 Å². The van der Waals surface area contributed by atoms with Crippen LogP contribution in [0.15, 0.2) is 35.7 Å². The topological polar surface area (TPSA) is 77.3 Å². The summed E-state index contributed by atoms with van der Waals surface area (Å²) in [6.45, 7) is 5.38. The molecule has 0 atom stereocenters. The van der Waals surface area contributed by atoms with E-state index in [9.17, 15) is 9.59 Å². The minimum atomic E-state index is -0.521. The van der Waals surface area contributed by atoms with Crippen molar-refractivity contribution < 1.29 is 14.3 Å². The van der Waals surface area contributed by atoms with E-state index in [1.165, 1.54) is 34.6 Å². The molecule has 1 amide bonds. The Bertz CT molecular complexity index is 1120. The number of halogens is 1. The Morgan fingerprint density at radius 2 is 2.00 bits per heavy atom. The largest absolute Gasteiger partial charge is 0.456 e. The number of benzene rings is 1. The SMILES string of the molecule is CCc1ccc(N(C(C)=O)c2nc(COC(=O)/C=C/c3c(C)nn(C)c3Cl)cs2)cc1. The standard InChI is InChI=1S/C22H23ClN4O3S/c1-5-16-6-8-18(9-7-16)27(15(3)28)22-24-17(13-31-22)12-30-20(29)11-10-19-14(2)25-26(4)21(19)23/h6-11,13H,5,12H2,1-4H3/b11-10+. The molecule has 2 aromatic heterocycles. The van der Waals surface area contributed by atoms with Crippen LogP contribution in [0, 0.1) is 6.92 Å². The van der Waals surface area contributed by atoms with E-state index in [2.05, 4.69) is 17.0 Å². The molecule has 0 saturated heterocycles. The molecule has 0 aliphatic heterocycles. The van der Waals surface area contributed by atoms with E-state index in [0.29, 0.717) is 21.5 Å². The number of hydrogen-bond acceptors (Lipinski definition) is 6. The van der Waals surface area contributed by atoms with Gasteiger partial charge >= 0.3 is 5.97 Å². The maximum Gasteiger partial charge on any atom is 0.331 e. The van der Waals surface area contributed by atoms with Crippen molar-refractivity contribution in [3.05, 3.63) is 63.4 Å². The van der Waals surface area contributed by atoms with Gasteiger partial charge < -0.3 is 4.74 Å². The van der Waals surface area contributed by atoms with Crippen LogP contribution in [0.2, 0.25) is 5.15 Å². The van der Waals surface area contributed by atoms with Gasteiger partial charge in [-0.2, -0.15) is 5.10 Å². The predicted molar refractivity (Wildman–Crippen MR) is 123 cm³/mol. The number of carbonyl (C=O) groups is 2. The van der Waals surface area contributed by atoms with Crippen LogP contribution in [0.1, 0.15) is 36.4 Å². The number of thiazole rings is 1. The zero-order valence-corrected chi connectivity index (χ0v) is 19.3. The lowest BCUT2D eigenvalue weighted by molar-refractivity contribution is -0.139. The van der Waals surface area contributed by atoms with Crippen LogP contribution in [0.25, 0.3) is 6.08 Å². The third kappa shape index (κ3) is 5.39. The summed E-state index contributed by atoms with van der Waals surface area (Å²) in [7, 11) is 1.73. The van der Waals surface area contributed by atoms with Gasteiger partial charge in [0.2, 0.25) is 5.91 Å². The highest BCUT2D eigenvalue weighted by Gasteiger charge is 2.18. The first kappa shape index (κ1) is 22.7. The summed E-state index contributed by atoms with van der Waals surface area (Å²) >= 11 is 7.47. The molecule has 0 spiro atoms. The van der Waals surface area contributed by atoms with Crippen LogP contribution in [-0.2, 0) is 34.4 Å². The molecule has 0 saturated carbocycles. The zero-order chi connectivity index (χ0) is 22.5. The molecule has 0 unspecified atom stereocenters. The molecular formula is C22H23ClN4O3S. The molecule has 0 fully saturated rings. The van der Waals surface area contributed by atoms with Gasteiger partial charge in [-0.1, -0.05) is 30.7 Å². The van der Waals surface area contributed by atoms with E-state index >= 15 is 0 Å². The highest BCUT2D eigenvalue weighted by Crippen LogP contribution is 2.29. The van der Waals surface area contributed by atoms with Gasteiger partial charge in [-0.05, 0) is 37.1 Å². The van der Waals surface area contributed by atoms with Crippen LogP contribution < -0.4 is 4.90 Å². The molecule has 7 nitrogen and oxygen atoms in total. The number of amides is 1. The van der Waals surface area contributed by atoms with Crippen LogP contribution in [0.3, 0.4) is 0 Å². The molecule has 0 bridgehead atoms. The summed E-state index contributed by atoms with van der Waals surface area (Å²) in [6, 6.07) is 7.78. The number of carbonyl (C=O) groups excluding carboxylic acids is 2. The molecule has 0 aliphatic rings. The van der Waals surface area contributed by atoms with Gasteiger partial charge in [-0.25, -0.2) is 9.78 Å². The van der Waals surface area contributed by atoms with Gasteiger partial charge in [0.25, 0.3) is 0 Å². The van der Waals surface area contributed by atoms with Crippen LogP contribution in [0.5, 0.6) is 0 Å². The minimum Gasteiger partial charge on any atom is -0.456 e. The van der Waals surface area contributed by atoms with Crippen molar-refractivity contribution in [2.45, 2.75) is 33.8 Å². The van der Waals surface area contributed by atoms with Crippen molar-refractivity contribution in [2.24, 2.45) is 7.05 Å². The number of aryl methyl sites for hydroxylation is 3. The van der Waals surface area contributed by atoms with E-state index in [1.54, 1.807) is 23.4 Å². The second-order valence-electron chi connectivity index (χ2n) is 6.85. The number of anilines is 2. The second kappa shape index (κ2) is 9.89. The maximum absolute atomic E-state index is 12.2. The van der Waals surface area contributed by atoms with E-state index in [1.807, 2.05) is 31.2 Å². The average molecular weight is 459 g/mol. The smallest absolute Gasteiger partial charge is 0.331 e. The van der Waals surface area contributed by atoms with Crippen molar-refractivity contribution in [1.29, 1.82) is 0 Å². The lowest BCUT2D eigenvalue weighted by atomic mass is 10.1. The van der Waals surface area contributed by atoms with Crippen LogP contribution in [0.4, 0.5) is 10.8 Å². The summed E-state index contributed by atoms with van der Waals surface area (Å²) in [4.78, 5) is 30.3. The molecule has 9 heteroatoms. The lowest BCUT2D eigenvalue weighted by Crippen LogP contribution is -2.22. The Kier molecular flexibility index (Phi) is 7.25. The molecule has 3 aromatic rings. The number of esters is 1. The minimum absolute atomic E-state index is 0.0000550. The second-order valence-corrected chi connectivity index (χ2v) is 8.04. The van der Waals surface area contributed by atoms with E-state index in [-0.39, 0.29) is 12.5 Å². The summed E-state index contributed by atoms with van der Waals surface area (Å²) in [5.41, 5.74) is 3.89. The van der Waals surface area contributed by atoms with Crippen molar-refractivity contribution in [3.63, 3.8) is 0 Å². The fourth-order valence-corrected chi connectivity index (χ4v) is 4.06. The van der Waals surface area contributed by atoms with E-state index in [0.717, 1.165) is 17.8 Å².